The highest BCUT2D eigenvalue weighted by atomic mass is 14.4. The van der Waals surface area contributed by atoms with Crippen LogP contribution in [0.2, 0.25) is 0 Å². The summed E-state index contributed by atoms with van der Waals surface area (Å²) in [5.74, 6) is 0. The zero-order chi connectivity index (χ0) is 22.2. The second kappa shape index (κ2) is 6.68. The van der Waals surface area contributed by atoms with Crippen molar-refractivity contribution in [1.82, 2.24) is 0 Å². The summed E-state index contributed by atoms with van der Waals surface area (Å²) in [6.45, 7) is 4.69. The molecule has 0 radical (unpaired) electrons. The van der Waals surface area contributed by atoms with Gasteiger partial charge in [-0.05, 0) is 85.3 Å². The molecule has 0 nitrogen and oxygen atoms in total. The first-order valence-corrected chi connectivity index (χ1v) is 12.2. The zero-order valence-corrected chi connectivity index (χ0v) is 19.2. The highest BCUT2D eigenvalue weighted by Crippen LogP contribution is 2.54. The molecule has 0 heteroatoms. The smallest absolute Gasteiger partial charge is 0.0210 e. The van der Waals surface area contributed by atoms with E-state index >= 15 is 0 Å². The molecule has 5 aromatic carbocycles. The maximum atomic E-state index is 2.49. The van der Waals surface area contributed by atoms with Gasteiger partial charge in [0.15, 0.2) is 0 Å². The summed E-state index contributed by atoms with van der Waals surface area (Å²) in [5, 5.41) is 2.76. The molecule has 0 saturated carbocycles. The molecule has 0 heterocycles. The summed E-state index contributed by atoms with van der Waals surface area (Å²) in [5.41, 5.74) is 14.0. The second-order valence-corrected chi connectivity index (χ2v) is 9.53. The molecule has 0 atom stereocenters. The van der Waals surface area contributed by atoms with Gasteiger partial charge in [-0.15, -0.1) is 0 Å². The lowest BCUT2D eigenvalue weighted by atomic mass is 9.73. The van der Waals surface area contributed by atoms with E-state index in [1.165, 1.54) is 66.4 Å². The Labute approximate surface area is 195 Å². The molecular weight excluding hydrogens is 396 g/mol. The lowest BCUT2D eigenvalue weighted by Gasteiger charge is -2.30. The summed E-state index contributed by atoms with van der Waals surface area (Å²) >= 11 is 0. The Morgan fingerprint density at radius 1 is 0.485 bits per heavy atom. The molecule has 7 rings (SSSR count). The van der Waals surface area contributed by atoms with E-state index in [2.05, 4.69) is 111 Å². The van der Waals surface area contributed by atoms with Crippen LogP contribution in [0.3, 0.4) is 0 Å². The van der Waals surface area contributed by atoms with E-state index < -0.39 is 0 Å². The zero-order valence-electron chi connectivity index (χ0n) is 19.2. The molecule has 33 heavy (non-hydrogen) atoms. The fourth-order valence-corrected chi connectivity index (χ4v) is 6.69. The highest BCUT2D eigenvalue weighted by molar-refractivity contribution is 6.18. The van der Waals surface area contributed by atoms with Gasteiger partial charge in [-0.1, -0.05) is 105 Å². The first-order chi connectivity index (χ1) is 16.3. The largest absolute Gasteiger partial charge is 0.0642 e. The van der Waals surface area contributed by atoms with Crippen LogP contribution >= 0.6 is 0 Å². The Hall–Kier alpha value is -3.64. The molecule has 0 unspecified atom stereocenters. The van der Waals surface area contributed by atoms with Gasteiger partial charge in [-0.2, -0.15) is 0 Å². The Morgan fingerprint density at radius 3 is 1.82 bits per heavy atom. The number of hydrogen-bond donors (Lipinski definition) is 0. The molecule has 2 aliphatic rings. The maximum Gasteiger partial charge on any atom is 0.0210 e. The molecule has 0 aliphatic heterocycles. The van der Waals surface area contributed by atoms with Crippen LogP contribution < -0.4 is 0 Å². The Kier molecular flexibility index (Phi) is 3.82. The fraction of sp³-hybridized carbons (Fsp3) is 0.152. The average molecular weight is 423 g/mol. The lowest BCUT2D eigenvalue weighted by Crippen LogP contribution is -2.23. The molecule has 0 saturated heterocycles. The normalized spacial score (nSPS) is 14.2. The van der Waals surface area contributed by atoms with Crippen LogP contribution in [0.4, 0.5) is 0 Å². The van der Waals surface area contributed by atoms with Crippen molar-refractivity contribution in [2.75, 3.05) is 0 Å². The quantitative estimate of drug-likeness (QED) is 0.266. The molecule has 0 aromatic heterocycles. The van der Waals surface area contributed by atoms with Crippen molar-refractivity contribution in [2.24, 2.45) is 0 Å². The van der Waals surface area contributed by atoms with Gasteiger partial charge in [0.25, 0.3) is 0 Å². The van der Waals surface area contributed by atoms with E-state index in [1.807, 2.05) is 0 Å². The van der Waals surface area contributed by atoms with Crippen molar-refractivity contribution < 1.29 is 0 Å². The first kappa shape index (κ1) is 18.9. The lowest BCUT2D eigenvalue weighted by molar-refractivity contribution is 0.490. The van der Waals surface area contributed by atoms with Crippen molar-refractivity contribution in [3.63, 3.8) is 0 Å². The summed E-state index contributed by atoms with van der Waals surface area (Å²) < 4.78 is 0. The van der Waals surface area contributed by atoms with Crippen LogP contribution in [0.15, 0.2) is 97.1 Å². The van der Waals surface area contributed by atoms with Gasteiger partial charge < -0.3 is 0 Å². The van der Waals surface area contributed by atoms with E-state index in [4.69, 9.17) is 0 Å². The molecule has 0 amide bonds. The molecule has 0 N–H and O–H groups in total. The number of hydrogen-bond acceptors (Lipinski definition) is 0. The van der Waals surface area contributed by atoms with Crippen molar-refractivity contribution >= 4 is 10.8 Å². The standard InChI is InChI=1S/C33H26/c1-3-33(4-2)30-15-8-7-12-25(30)26-17-16-21(20-31(26)33)22-18-19-29-24-11-6-5-10-23(24)28-14-9-13-27(22)32(28)29/h5-20H,3-4H2,1-2H3. The van der Waals surface area contributed by atoms with Crippen LogP contribution in [0, 0.1) is 0 Å². The van der Waals surface area contributed by atoms with Crippen LogP contribution in [0.1, 0.15) is 37.8 Å². The van der Waals surface area contributed by atoms with Gasteiger partial charge in [0.2, 0.25) is 0 Å². The number of fused-ring (bicyclic) bond motifs is 6. The van der Waals surface area contributed by atoms with Gasteiger partial charge in [-0.3, -0.25) is 0 Å². The van der Waals surface area contributed by atoms with Crippen LogP contribution in [-0.2, 0) is 5.41 Å². The molecule has 0 fully saturated rings. The van der Waals surface area contributed by atoms with Gasteiger partial charge in [0, 0.05) is 5.41 Å². The van der Waals surface area contributed by atoms with Crippen LogP contribution in [0.25, 0.3) is 55.3 Å². The predicted molar refractivity (Wildman–Crippen MR) is 141 cm³/mol. The Bertz CT molecular complexity index is 1550. The minimum atomic E-state index is 0.104. The minimum absolute atomic E-state index is 0.104. The number of benzene rings is 5. The van der Waals surface area contributed by atoms with Crippen LogP contribution in [-0.4, -0.2) is 0 Å². The van der Waals surface area contributed by atoms with E-state index in [-0.39, 0.29) is 5.41 Å². The van der Waals surface area contributed by atoms with Crippen molar-refractivity contribution in [3.8, 4) is 44.5 Å². The van der Waals surface area contributed by atoms with E-state index in [1.54, 1.807) is 0 Å². The molecule has 2 aliphatic carbocycles. The SMILES string of the molecule is CCC1(CC)c2ccccc2-c2ccc(-c3ccc4c5c(cccc35)-c3ccccc3-4)cc21. The van der Waals surface area contributed by atoms with Crippen molar-refractivity contribution in [1.29, 1.82) is 0 Å². The molecular formula is C33H26. The molecule has 158 valence electrons. The topological polar surface area (TPSA) is 0 Å². The molecule has 5 aromatic rings. The van der Waals surface area contributed by atoms with Crippen molar-refractivity contribution in [3.05, 3.63) is 108 Å². The van der Waals surface area contributed by atoms with E-state index in [0.717, 1.165) is 12.8 Å². The van der Waals surface area contributed by atoms with Gasteiger partial charge >= 0.3 is 0 Å². The third kappa shape index (κ3) is 2.31. The van der Waals surface area contributed by atoms with Gasteiger partial charge in [0.1, 0.15) is 0 Å². The second-order valence-electron chi connectivity index (χ2n) is 9.53. The highest BCUT2D eigenvalue weighted by Gasteiger charge is 2.40. The third-order valence-electron chi connectivity index (χ3n) is 8.33. The Morgan fingerprint density at radius 2 is 1.06 bits per heavy atom. The van der Waals surface area contributed by atoms with Crippen LogP contribution in [0.5, 0.6) is 0 Å². The van der Waals surface area contributed by atoms with E-state index in [0.29, 0.717) is 0 Å². The molecule has 0 bridgehead atoms. The van der Waals surface area contributed by atoms with Gasteiger partial charge in [-0.25, -0.2) is 0 Å². The van der Waals surface area contributed by atoms with Crippen molar-refractivity contribution in [2.45, 2.75) is 32.1 Å². The average Bonchev–Trinajstić information content (AvgIpc) is 3.36. The Balaban J connectivity index is 1.48. The summed E-state index contributed by atoms with van der Waals surface area (Å²) in [7, 11) is 0. The summed E-state index contributed by atoms with van der Waals surface area (Å²) in [6.07, 6.45) is 2.24. The van der Waals surface area contributed by atoms with E-state index in [9.17, 15) is 0 Å². The minimum Gasteiger partial charge on any atom is -0.0642 e. The summed E-state index contributed by atoms with van der Waals surface area (Å²) in [4.78, 5) is 0. The third-order valence-corrected chi connectivity index (χ3v) is 8.33. The maximum absolute atomic E-state index is 2.49. The summed E-state index contributed by atoms with van der Waals surface area (Å²) in [6, 6.07) is 36.5. The fourth-order valence-electron chi connectivity index (χ4n) is 6.69. The predicted octanol–water partition coefficient (Wildman–Crippen LogP) is 9.24. The first-order valence-electron chi connectivity index (χ1n) is 12.2. The van der Waals surface area contributed by atoms with Gasteiger partial charge in [0.05, 0.1) is 0 Å². The molecule has 0 spiro atoms. The monoisotopic (exact) mass is 422 g/mol. The number of rotatable bonds is 3.